The van der Waals surface area contributed by atoms with Gasteiger partial charge in [0.15, 0.2) is 0 Å². The van der Waals surface area contributed by atoms with Gasteiger partial charge in [-0.15, -0.1) is 0 Å². The number of carbonyl (C=O) groups excluding carboxylic acids is 2. The molecule has 0 aromatic carbocycles. The van der Waals surface area contributed by atoms with Crippen molar-refractivity contribution in [3.63, 3.8) is 0 Å². The zero-order chi connectivity index (χ0) is 15.0. The molecule has 1 saturated heterocycles. The third kappa shape index (κ3) is 3.07. The Labute approximate surface area is 120 Å². The summed E-state index contributed by atoms with van der Waals surface area (Å²) in [6.07, 6.45) is 2.83. The van der Waals surface area contributed by atoms with Crippen molar-refractivity contribution in [2.75, 3.05) is 13.2 Å². The predicted octanol–water partition coefficient (Wildman–Crippen LogP) is 2.73. The van der Waals surface area contributed by atoms with Crippen molar-refractivity contribution in [2.45, 2.75) is 64.5 Å². The van der Waals surface area contributed by atoms with Crippen LogP contribution >= 0.6 is 0 Å². The highest BCUT2D eigenvalue weighted by atomic mass is 16.6. The van der Waals surface area contributed by atoms with E-state index in [-0.39, 0.29) is 24.0 Å². The van der Waals surface area contributed by atoms with E-state index in [0.29, 0.717) is 19.1 Å². The van der Waals surface area contributed by atoms with E-state index in [2.05, 4.69) is 0 Å². The van der Waals surface area contributed by atoms with Crippen molar-refractivity contribution in [1.82, 2.24) is 4.90 Å². The quantitative estimate of drug-likeness (QED) is 0.747. The van der Waals surface area contributed by atoms with Crippen LogP contribution in [0.3, 0.4) is 0 Å². The molecule has 1 amide bonds. The Morgan fingerprint density at radius 2 is 2.05 bits per heavy atom. The Kier molecular flexibility index (Phi) is 3.98. The number of esters is 1. The van der Waals surface area contributed by atoms with E-state index in [1.165, 1.54) is 0 Å². The van der Waals surface area contributed by atoms with Gasteiger partial charge in [-0.05, 0) is 52.9 Å². The highest BCUT2D eigenvalue weighted by Gasteiger charge is 2.54. The third-order valence-electron chi connectivity index (χ3n) is 4.09. The molecule has 0 aromatic heterocycles. The molecule has 0 aromatic rings. The molecule has 1 aliphatic heterocycles. The molecule has 20 heavy (non-hydrogen) atoms. The van der Waals surface area contributed by atoms with Gasteiger partial charge >= 0.3 is 12.1 Å². The zero-order valence-corrected chi connectivity index (χ0v) is 12.9. The van der Waals surface area contributed by atoms with Gasteiger partial charge in [-0.1, -0.05) is 0 Å². The number of amides is 1. The highest BCUT2D eigenvalue weighted by Crippen LogP contribution is 2.49. The molecule has 0 N–H and O–H groups in total. The van der Waals surface area contributed by atoms with Gasteiger partial charge in [0.05, 0.1) is 18.6 Å². The van der Waals surface area contributed by atoms with E-state index in [9.17, 15) is 9.59 Å². The topological polar surface area (TPSA) is 55.8 Å². The van der Waals surface area contributed by atoms with Crippen molar-refractivity contribution in [1.29, 1.82) is 0 Å². The lowest BCUT2D eigenvalue weighted by Gasteiger charge is -2.38. The first kappa shape index (κ1) is 15.1. The van der Waals surface area contributed by atoms with Gasteiger partial charge in [0, 0.05) is 6.54 Å². The minimum Gasteiger partial charge on any atom is -0.466 e. The van der Waals surface area contributed by atoms with Gasteiger partial charge in [-0.3, -0.25) is 4.79 Å². The maximum Gasteiger partial charge on any atom is 0.410 e. The summed E-state index contributed by atoms with van der Waals surface area (Å²) < 4.78 is 10.5. The number of hydrogen-bond acceptors (Lipinski definition) is 4. The first-order chi connectivity index (χ1) is 9.26. The second-order valence-electron chi connectivity index (χ2n) is 6.91. The average molecular weight is 283 g/mol. The molecule has 5 nitrogen and oxygen atoms in total. The number of likely N-dealkylation sites (tertiary alicyclic amines) is 1. The maximum absolute atomic E-state index is 12.3. The lowest BCUT2D eigenvalue weighted by Crippen LogP contribution is -2.51. The average Bonchev–Trinajstić information content (AvgIpc) is 2.83. The second-order valence-corrected chi connectivity index (χ2v) is 6.91. The minimum absolute atomic E-state index is 0.219. The van der Waals surface area contributed by atoms with Crippen LogP contribution in [0.4, 0.5) is 4.79 Å². The Balaban J connectivity index is 2.08. The monoisotopic (exact) mass is 283 g/mol. The third-order valence-corrected chi connectivity index (χ3v) is 4.09. The molecule has 1 heterocycles. The van der Waals surface area contributed by atoms with E-state index in [0.717, 1.165) is 19.3 Å². The number of carbonyl (C=O) groups is 2. The summed E-state index contributed by atoms with van der Waals surface area (Å²) in [5.74, 6) is 0.278. The molecule has 2 aliphatic rings. The molecule has 2 unspecified atom stereocenters. The number of rotatable bonds is 3. The van der Waals surface area contributed by atoms with E-state index >= 15 is 0 Å². The number of ether oxygens (including phenoxy) is 2. The molecular weight excluding hydrogens is 258 g/mol. The standard InChI is InChI=1S/C15H25NO4/c1-5-19-12(17)9-15-7-6-11(8-15)10-16(15)13(18)20-14(2,3)4/h11H,5-10H2,1-4H3. The molecule has 2 rings (SSSR count). The van der Waals surface area contributed by atoms with E-state index < -0.39 is 5.60 Å². The molecule has 2 fully saturated rings. The second kappa shape index (κ2) is 5.26. The Hall–Kier alpha value is -1.26. The fraction of sp³-hybridized carbons (Fsp3) is 0.867. The first-order valence-corrected chi connectivity index (χ1v) is 7.42. The summed E-state index contributed by atoms with van der Waals surface area (Å²) in [6, 6.07) is 0. The van der Waals surface area contributed by atoms with Crippen LogP contribution in [0.1, 0.15) is 53.4 Å². The predicted molar refractivity (Wildman–Crippen MR) is 74.3 cm³/mol. The summed E-state index contributed by atoms with van der Waals surface area (Å²) in [7, 11) is 0. The summed E-state index contributed by atoms with van der Waals surface area (Å²) in [5.41, 5.74) is -0.886. The molecule has 2 atom stereocenters. The Morgan fingerprint density at radius 3 is 2.60 bits per heavy atom. The summed E-state index contributed by atoms with van der Waals surface area (Å²) >= 11 is 0. The lowest BCUT2D eigenvalue weighted by atomic mass is 9.93. The Morgan fingerprint density at radius 1 is 1.35 bits per heavy atom. The van der Waals surface area contributed by atoms with Crippen molar-refractivity contribution < 1.29 is 19.1 Å². The van der Waals surface area contributed by atoms with Crippen molar-refractivity contribution >= 4 is 12.1 Å². The lowest BCUT2D eigenvalue weighted by molar-refractivity contribution is -0.146. The molecule has 2 bridgehead atoms. The summed E-state index contributed by atoms with van der Waals surface area (Å²) in [6.45, 7) is 8.46. The van der Waals surface area contributed by atoms with Crippen LogP contribution < -0.4 is 0 Å². The largest absolute Gasteiger partial charge is 0.466 e. The van der Waals surface area contributed by atoms with Gasteiger partial charge in [0.1, 0.15) is 5.60 Å². The van der Waals surface area contributed by atoms with Crippen molar-refractivity contribution in [3.05, 3.63) is 0 Å². The fourth-order valence-corrected chi connectivity index (χ4v) is 3.39. The molecule has 0 radical (unpaired) electrons. The number of piperidine rings is 1. The van der Waals surface area contributed by atoms with Gasteiger partial charge in [0.25, 0.3) is 0 Å². The van der Waals surface area contributed by atoms with Crippen LogP contribution in [-0.4, -0.2) is 41.3 Å². The molecule has 5 heteroatoms. The fourth-order valence-electron chi connectivity index (χ4n) is 3.39. The molecule has 1 aliphatic carbocycles. The van der Waals surface area contributed by atoms with E-state index in [1.54, 1.807) is 11.8 Å². The van der Waals surface area contributed by atoms with Crippen LogP contribution in [-0.2, 0) is 14.3 Å². The van der Waals surface area contributed by atoms with Crippen LogP contribution in [0.2, 0.25) is 0 Å². The molecular formula is C15H25NO4. The molecule has 1 saturated carbocycles. The van der Waals surface area contributed by atoms with Crippen LogP contribution in [0.15, 0.2) is 0 Å². The van der Waals surface area contributed by atoms with Crippen LogP contribution in [0.25, 0.3) is 0 Å². The normalized spacial score (nSPS) is 28.6. The highest BCUT2D eigenvalue weighted by molar-refractivity contribution is 5.75. The van der Waals surface area contributed by atoms with Gasteiger partial charge in [-0.25, -0.2) is 4.79 Å². The summed E-state index contributed by atoms with van der Waals surface area (Å²) in [5, 5.41) is 0. The number of hydrogen-bond donors (Lipinski definition) is 0. The molecule has 114 valence electrons. The van der Waals surface area contributed by atoms with Gasteiger partial charge < -0.3 is 14.4 Å². The maximum atomic E-state index is 12.3. The van der Waals surface area contributed by atoms with Crippen LogP contribution in [0.5, 0.6) is 0 Å². The SMILES string of the molecule is CCOC(=O)CC12CCC(CN1C(=O)OC(C)(C)C)C2. The minimum atomic E-state index is -0.510. The smallest absolute Gasteiger partial charge is 0.410 e. The molecule has 0 spiro atoms. The zero-order valence-electron chi connectivity index (χ0n) is 12.9. The van der Waals surface area contributed by atoms with Crippen LogP contribution in [0, 0.1) is 5.92 Å². The van der Waals surface area contributed by atoms with E-state index in [4.69, 9.17) is 9.47 Å². The number of fused-ring (bicyclic) bond motifs is 2. The van der Waals surface area contributed by atoms with Crippen molar-refractivity contribution in [2.24, 2.45) is 5.92 Å². The summed E-state index contributed by atoms with van der Waals surface area (Å²) in [4.78, 5) is 25.9. The first-order valence-electron chi connectivity index (χ1n) is 7.42. The van der Waals surface area contributed by atoms with Gasteiger partial charge in [0.2, 0.25) is 0 Å². The number of nitrogens with zero attached hydrogens (tertiary/aromatic N) is 1. The van der Waals surface area contributed by atoms with Crippen molar-refractivity contribution in [3.8, 4) is 0 Å². The van der Waals surface area contributed by atoms with E-state index in [1.807, 2.05) is 20.8 Å². The van der Waals surface area contributed by atoms with Gasteiger partial charge in [-0.2, -0.15) is 0 Å². The Bertz CT molecular complexity index is 401.